The molecule has 1 rings (SSSR count). The lowest BCUT2D eigenvalue weighted by atomic mass is 10.1. The normalized spacial score (nSPS) is 11.4. The van der Waals surface area contributed by atoms with E-state index in [4.69, 9.17) is 27.9 Å². The first-order valence-electron chi connectivity index (χ1n) is 4.42. The Balaban J connectivity index is 2.91. The van der Waals surface area contributed by atoms with E-state index in [9.17, 15) is 4.79 Å². The number of hydrogen-bond donors (Lipinski definition) is 0. The molecule has 16 heavy (non-hydrogen) atoms. The van der Waals surface area contributed by atoms with Gasteiger partial charge in [0.2, 0.25) is 0 Å². The summed E-state index contributed by atoms with van der Waals surface area (Å²) in [5, 5.41) is 0.374. The summed E-state index contributed by atoms with van der Waals surface area (Å²) in [5.74, 6) is 0.426. The van der Waals surface area contributed by atoms with Crippen molar-refractivity contribution in [3.8, 4) is 5.75 Å². The Morgan fingerprint density at radius 3 is 2.81 bits per heavy atom. The highest BCUT2D eigenvalue weighted by atomic mass is 79.9. The van der Waals surface area contributed by atoms with Gasteiger partial charge in [0.1, 0.15) is 12.4 Å². The van der Waals surface area contributed by atoms with Gasteiger partial charge in [-0.1, -0.05) is 39.1 Å². The van der Waals surface area contributed by atoms with Crippen LogP contribution in [0.3, 0.4) is 0 Å². The maximum atomic E-state index is 11.4. The smallest absolute Gasteiger partial charge is 0.163 e. The van der Waals surface area contributed by atoms with Crippen LogP contribution in [0.15, 0.2) is 33.2 Å². The SMILES string of the molecule is CC(=O)c1cc(Br)ccc1OCC(Cl)=CCl. The van der Waals surface area contributed by atoms with Crippen molar-refractivity contribution in [2.24, 2.45) is 0 Å². The molecule has 0 amide bonds. The van der Waals surface area contributed by atoms with E-state index in [1.807, 2.05) is 0 Å². The van der Waals surface area contributed by atoms with Gasteiger partial charge < -0.3 is 4.74 Å². The van der Waals surface area contributed by atoms with Crippen LogP contribution in [-0.2, 0) is 0 Å². The van der Waals surface area contributed by atoms with Gasteiger partial charge in [-0.05, 0) is 25.1 Å². The Hall–Kier alpha value is -0.510. The van der Waals surface area contributed by atoms with Crippen molar-refractivity contribution in [3.05, 3.63) is 38.8 Å². The van der Waals surface area contributed by atoms with E-state index in [0.29, 0.717) is 16.3 Å². The summed E-state index contributed by atoms with van der Waals surface area (Å²) in [7, 11) is 0. The van der Waals surface area contributed by atoms with Crippen LogP contribution in [0.1, 0.15) is 17.3 Å². The first-order chi connectivity index (χ1) is 7.54. The number of benzene rings is 1. The van der Waals surface area contributed by atoms with Crippen LogP contribution in [0.2, 0.25) is 0 Å². The van der Waals surface area contributed by atoms with Gasteiger partial charge in [-0.25, -0.2) is 0 Å². The van der Waals surface area contributed by atoms with Crippen LogP contribution in [-0.4, -0.2) is 12.4 Å². The van der Waals surface area contributed by atoms with Crippen molar-refractivity contribution < 1.29 is 9.53 Å². The molecule has 0 atom stereocenters. The fraction of sp³-hybridized carbons (Fsp3) is 0.182. The van der Waals surface area contributed by atoms with Crippen molar-refractivity contribution in [3.63, 3.8) is 0 Å². The van der Waals surface area contributed by atoms with Crippen LogP contribution < -0.4 is 4.74 Å². The molecule has 2 nitrogen and oxygen atoms in total. The maximum absolute atomic E-state index is 11.4. The second-order valence-electron chi connectivity index (χ2n) is 3.04. The van der Waals surface area contributed by atoms with Gasteiger partial charge in [0.05, 0.1) is 10.6 Å². The van der Waals surface area contributed by atoms with Crippen molar-refractivity contribution in [1.82, 2.24) is 0 Å². The molecule has 0 fully saturated rings. The molecule has 0 saturated heterocycles. The molecule has 1 aromatic rings. The predicted molar refractivity (Wildman–Crippen MR) is 69.4 cm³/mol. The van der Waals surface area contributed by atoms with Crippen molar-refractivity contribution in [1.29, 1.82) is 0 Å². The minimum absolute atomic E-state index is 0.0673. The highest BCUT2D eigenvalue weighted by Crippen LogP contribution is 2.24. The van der Waals surface area contributed by atoms with Crippen molar-refractivity contribution in [2.75, 3.05) is 6.61 Å². The monoisotopic (exact) mass is 322 g/mol. The zero-order chi connectivity index (χ0) is 12.1. The Kier molecular flexibility index (Phi) is 5.32. The first-order valence-corrected chi connectivity index (χ1v) is 6.03. The third-order valence-corrected chi connectivity index (χ3v) is 2.89. The van der Waals surface area contributed by atoms with E-state index in [-0.39, 0.29) is 12.4 Å². The Morgan fingerprint density at radius 2 is 2.25 bits per heavy atom. The van der Waals surface area contributed by atoms with E-state index in [2.05, 4.69) is 15.9 Å². The summed E-state index contributed by atoms with van der Waals surface area (Å²) in [4.78, 5) is 11.4. The topological polar surface area (TPSA) is 26.3 Å². The number of halogens is 3. The first kappa shape index (κ1) is 13.6. The van der Waals surface area contributed by atoms with Crippen LogP contribution in [0.4, 0.5) is 0 Å². The molecule has 0 N–H and O–H groups in total. The molecular weight excluding hydrogens is 315 g/mol. The second kappa shape index (κ2) is 6.28. The minimum atomic E-state index is -0.0673. The summed E-state index contributed by atoms with van der Waals surface area (Å²) in [6.07, 6.45) is 0. The van der Waals surface area contributed by atoms with Gasteiger partial charge >= 0.3 is 0 Å². The molecule has 0 aromatic heterocycles. The lowest BCUT2D eigenvalue weighted by Crippen LogP contribution is -2.02. The Labute approximate surface area is 112 Å². The number of Topliss-reactive ketones (excluding diaryl/α,β-unsaturated/α-hetero) is 1. The van der Waals surface area contributed by atoms with Crippen molar-refractivity contribution >= 4 is 44.9 Å². The number of ether oxygens (including phenoxy) is 1. The van der Waals surface area contributed by atoms with Gasteiger partial charge in [0.15, 0.2) is 5.78 Å². The van der Waals surface area contributed by atoms with Crippen LogP contribution >= 0.6 is 39.1 Å². The largest absolute Gasteiger partial charge is 0.487 e. The van der Waals surface area contributed by atoms with Gasteiger partial charge in [-0.2, -0.15) is 0 Å². The summed E-state index contributed by atoms with van der Waals surface area (Å²) in [6.45, 7) is 1.63. The van der Waals surface area contributed by atoms with E-state index in [0.717, 1.165) is 4.47 Å². The van der Waals surface area contributed by atoms with Gasteiger partial charge in [0, 0.05) is 10.0 Å². The zero-order valence-corrected chi connectivity index (χ0v) is 11.6. The number of carbonyl (C=O) groups is 1. The summed E-state index contributed by atoms with van der Waals surface area (Å²) in [6, 6.07) is 5.20. The second-order valence-corrected chi connectivity index (χ2v) is 4.66. The lowest BCUT2D eigenvalue weighted by molar-refractivity contribution is 0.101. The van der Waals surface area contributed by atoms with Gasteiger partial charge in [-0.15, -0.1) is 0 Å². The summed E-state index contributed by atoms with van der Waals surface area (Å²) < 4.78 is 6.20. The van der Waals surface area contributed by atoms with Gasteiger partial charge in [0.25, 0.3) is 0 Å². The van der Waals surface area contributed by atoms with Gasteiger partial charge in [-0.3, -0.25) is 4.79 Å². The fourth-order valence-electron chi connectivity index (χ4n) is 1.08. The molecule has 5 heteroatoms. The van der Waals surface area contributed by atoms with Crippen molar-refractivity contribution in [2.45, 2.75) is 6.92 Å². The highest BCUT2D eigenvalue weighted by molar-refractivity contribution is 9.10. The minimum Gasteiger partial charge on any atom is -0.487 e. The number of carbonyl (C=O) groups excluding carboxylic acids is 1. The third kappa shape index (κ3) is 3.81. The molecular formula is C11H9BrCl2O2. The molecule has 1 aromatic carbocycles. The lowest BCUT2D eigenvalue weighted by Gasteiger charge is -2.09. The molecule has 0 aliphatic carbocycles. The molecule has 86 valence electrons. The van der Waals surface area contributed by atoms with E-state index >= 15 is 0 Å². The molecule has 0 saturated carbocycles. The van der Waals surface area contributed by atoms with Crippen LogP contribution in [0, 0.1) is 0 Å². The number of hydrogen-bond acceptors (Lipinski definition) is 2. The quantitative estimate of drug-likeness (QED) is 0.770. The maximum Gasteiger partial charge on any atom is 0.163 e. The molecule has 0 unspecified atom stereocenters. The molecule has 0 spiro atoms. The molecule has 0 heterocycles. The molecule has 0 aliphatic heterocycles. The standard InChI is InChI=1S/C11H9BrCl2O2/c1-7(15)10-4-8(12)2-3-11(10)16-6-9(14)5-13/h2-5H,6H2,1H3. The number of rotatable bonds is 4. The zero-order valence-electron chi connectivity index (χ0n) is 8.47. The van der Waals surface area contributed by atoms with E-state index in [1.165, 1.54) is 12.5 Å². The van der Waals surface area contributed by atoms with E-state index in [1.54, 1.807) is 18.2 Å². The Morgan fingerprint density at radius 1 is 1.56 bits per heavy atom. The average Bonchev–Trinajstić information content (AvgIpc) is 2.26. The number of ketones is 1. The van der Waals surface area contributed by atoms with Crippen LogP contribution in [0.5, 0.6) is 5.75 Å². The highest BCUT2D eigenvalue weighted by Gasteiger charge is 2.09. The molecule has 0 radical (unpaired) electrons. The fourth-order valence-corrected chi connectivity index (χ4v) is 1.56. The third-order valence-electron chi connectivity index (χ3n) is 1.80. The van der Waals surface area contributed by atoms with E-state index < -0.39 is 0 Å². The Bertz CT molecular complexity index is 430. The summed E-state index contributed by atoms with van der Waals surface area (Å²) >= 11 is 14.4. The van der Waals surface area contributed by atoms with Crippen LogP contribution in [0.25, 0.3) is 0 Å². The summed E-state index contributed by atoms with van der Waals surface area (Å²) in [5.41, 5.74) is 1.74. The predicted octanol–water partition coefficient (Wildman–Crippen LogP) is 4.35. The molecule has 0 bridgehead atoms. The average molecular weight is 324 g/mol. The molecule has 0 aliphatic rings.